The zero-order valence-electron chi connectivity index (χ0n) is 13.4. The standard InChI is InChI=1S/C17H15Cl2N3OS/c1-17(2,3)24(23)22-16(12-8-14(18)21-15(19)9-12)13-7-5-4-6-11(13)10-20/h4-9H,1-3H3/b22-16-. The molecule has 0 fully saturated rings. The van der Waals surface area contributed by atoms with E-state index < -0.39 is 16.1 Å². The summed E-state index contributed by atoms with van der Waals surface area (Å²) in [7, 11) is 0. The molecule has 2 rings (SSSR count). The monoisotopic (exact) mass is 379 g/mol. The Morgan fingerprint density at radius 1 is 1.21 bits per heavy atom. The molecule has 0 aliphatic heterocycles. The first kappa shape index (κ1) is 18.8. The zero-order chi connectivity index (χ0) is 17.9. The number of pyridine rings is 1. The van der Waals surface area contributed by atoms with Crippen LogP contribution in [0, 0.1) is 11.3 Å². The quantitative estimate of drug-likeness (QED) is 0.445. The molecule has 2 aromatic rings. The SMILES string of the molecule is CC(C)(C)[S+]([O-])/N=C(/c1cc(Cl)nc(Cl)c1)c1ccccc1C#N. The molecule has 0 saturated heterocycles. The van der Waals surface area contributed by atoms with Crippen LogP contribution < -0.4 is 0 Å². The highest BCUT2D eigenvalue weighted by atomic mass is 35.5. The number of hydrogen-bond donors (Lipinski definition) is 0. The summed E-state index contributed by atoms with van der Waals surface area (Å²) in [4.78, 5) is 3.92. The molecule has 0 spiro atoms. The molecule has 1 unspecified atom stereocenters. The fraction of sp³-hybridized carbons (Fsp3) is 0.235. The first-order valence-electron chi connectivity index (χ1n) is 7.06. The largest absolute Gasteiger partial charge is 0.591 e. The van der Waals surface area contributed by atoms with Crippen LogP contribution in [0.2, 0.25) is 10.3 Å². The normalized spacial score (nSPS) is 13.5. The highest BCUT2D eigenvalue weighted by Crippen LogP contribution is 2.24. The van der Waals surface area contributed by atoms with Gasteiger partial charge in [0.1, 0.15) is 32.1 Å². The van der Waals surface area contributed by atoms with Crippen molar-refractivity contribution >= 4 is 40.3 Å². The second-order valence-electron chi connectivity index (χ2n) is 5.96. The van der Waals surface area contributed by atoms with Crippen LogP contribution in [0.5, 0.6) is 0 Å². The minimum absolute atomic E-state index is 0.196. The number of nitriles is 1. The Kier molecular flexibility index (Phi) is 5.89. The third-order valence-electron chi connectivity index (χ3n) is 3.04. The van der Waals surface area contributed by atoms with Gasteiger partial charge in [-0.3, -0.25) is 0 Å². The highest BCUT2D eigenvalue weighted by molar-refractivity contribution is 7.91. The van der Waals surface area contributed by atoms with E-state index in [4.69, 9.17) is 23.2 Å². The van der Waals surface area contributed by atoms with Crippen LogP contribution in [0.25, 0.3) is 0 Å². The maximum absolute atomic E-state index is 12.6. The van der Waals surface area contributed by atoms with Crippen LogP contribution in [-0.2, 0) is 11.4 Å². The summed E-state index contributed by atoms with van der Waals surface area (Å²) in [6.45, 7) is 5.48. The smallest absolute Gasteiger partial charge is 0.144 e. The Bertz CT molecular complexity index is 805. The summed E-state index contributed by atoms with van der Waals surface area (Å²) < 4.78 is 16.4. The molecule has 24 heavy (non-hydrogen) atoms. The van der Waals surface area contributed by atoms with E-state index in [1.165, 1.54) is 0 Å². The number of hydrogen-bond acceptors (Lipinski definition) is 4. The molecule has 0 N–H and O–H groups in total. The summed E-state index contributed by atoms with van der Waals surface area (Å²) in [6, 6.07) is 12.3. The van der Waals surface area contributed by atoms with Gasteiger partial charge in [0.2, 0.25) is 0 Å². The molecule has 7 heteroatoms. The van der Waals surface area contributed by atoms with E-state index in [0.717, 1.165) is 0 Å². The van der Waals surface area contributed by atoms with Crippen molar-refractivity contribution in [3.05, 3.63) is 63.4 Å². The van der Waals surface area contributed by atoms with Crippen molar-refractivity contribution in [2.45, 2.75) is 25.5 Å². The highest BCUT2D eigenvalue weighted by Gasteiger charge is 2.28. The minimum Gasteiger partial charge on any atom is -0.591 e. The Morgan fingerprint density at radius 3 is 2.33 bits per heavy atom. The molecule has 1 atom stereocenters. The van der Waals surface area contributed by atoms with Crippen molar-refractivity contribution in [2.75, 3.05) is 0 Å². The predicted molar refractivity (Wildman–Crippen MR) is 98.9 cm³/mol. The number of halogens is 2. The van der Waals surface area contributed by atoms with Gasteiger partial charge in [-0.15, -0.1) is 0 Å². The van der Waals surface area contributed by atoms with E-state index in [2.05, 4.69) is 15.5 Å². The Morgan fingerprint density at radius 2 is 1.79 bits per heavy atom. The van der Waals surface area contributed by atoms with E-state index in [0.29, 0.717) is 22.4 Å². The van der Waals surface area contributed by atoms with Crippen LogP contribution in [0.4, 0.5) is 0 Å². The van der Waals surface area contributed by atoms with Crippen molar-refractivity contribution < 1.29 is 4.55 Å². The average Bonchev–Trinajstić information content (AvgIpc) is 2.50. The number of rotatable bonds is 3. The molecule has 0 bridgehead atoms. The van der Waals surface area contributed by atoms with Crippen LogP contribution in [0.15, 0.2) is 40.8 Å². The van der Waals surface area contributed by atoms with Gasteiger partial charge < -0.3 is 4.55 Å². The lowest BCUT2D eigenvalue weighted by molar-refractivity contribution is 0.561. The van der Waals surface area contributed by atoms with Crippen molar-refractivity contribution in [3.63, 3.8) is 0 Å². The van der Waals surface area contributed by atoms with Gasteiger partial charge in [0.25, 0.3) is 0 Å². The first-order chi connectivity index (χ1) is 11.2. The molecule has 1 aromatic heterocycles. The van der Waals surface area contributed by atoms with E-state index in [9.17, 15) is 9.81 Å². The topological polar surface area (TPSA) is 72.1 Å². The van der Waals surface area contributed by atoms with Gasteiger partial charge >= 0.3 is 0 Å². The molecule has 0 aliphatic carbocycles. The Labute approximate surface area is 154 Å². The lowest BCUT2D eigenvalue weighted by Gasteiger charge is -2.20. The molecular formula is C17H15Cl2N3OS. The second kappa shape index (κ2) is 7.54. The Hall–Kier alpha value is -1.58. The van der Waals surface area contributed by atoms with Crippen molar-refractivity contribution in [1.29, 1.82) is 5.26 Å². The molecule has 124 valence electrons. The van der Waals surface area contributed by atoms with Gasteiger partial charge in [0.05, 0.1) is 11.6 Å². The van der Waals surface area contributed by atoms with Crippen LogP contribution in [0.1, 0.15) is 37.5 Å². The summed E-state index contributed by atoms with van der Waals surface area (Å²) in [6.07, 6.45) is 0. The molecule has 0 saturated carbocycles. The zero-order valence-corrected chi connectivity index (χ0v) is 15.7. The van der Waals surface area contributed by atoms with Gasteiger partial charge in [0.15, 0.2) is 0 Å². The number of aromatic nitrogens is 1. The van der Waals surface area contributed by atoms with Crippen LogP contribution in [-0.4, -0.2) is 20.0 Å². The summed E-state index contributed by atoms with van der Waals surface area (Å²) in [5.41, 5.74) is 1.94. The molecule has 4 nitrogen and oxygen atoms in total. The van der Waals surface area contributed by atoms with E-state index in [-0.39, 0.29) is 10.3 Å². The first-order valence-corrected chi connectivity index (χ1v) is 8.92. The van der Waals surface area contributed by atoms with E-state index >= 15 is 0 Å². The van der Waals surface area contributed by atoms with Crippen molar-refractivity contribution in [1.82, 2.24) is 4.98 Å². The Balaban J connectivity index is 2.71. The summed E-state index contributed by atoms with van der Waals surface area (Å²) in [5, 5.41) is 9.76. The second-order valence-corrected chi connectivity index (χ2v) is 8.64. The minimum atomic E-state index is -1.52. The van der Waals surface area contributed by atoms with Gasteiger partial charge in [-0.2, -0.15) is 5.26 Å². The molecular weight excluding hydrogens is 365 g/mol. The number of benzene rings is 1. The van der Waals surface area contributed by atoms with Crippen LogP contribution in [0.3, 0.4) is 0 Å². The third kappa shape index (κ3) is 4.49. The van der Waals surface area contributed by atoms with Crippen molar-refractivity contribution in [2.24, 2.45) is 4.40 Å². The van der Waals surface area contributed by atoms with Gasteiger partial charge in [-0.1, -0.05) is 45.8 Å². The van der Waals surface area contributed by atoms with Crippen LogP contribution >= 0.6 is 23.2 Å². The number of nitrogens with zero attached hydrogens (tertiary/aromatic N) is 3. The molecule has 1 heterocycles. The van der Waals surface area contributed by atoms with Gasteiger partial charge in [-0.25, -0.2) is 4.98 Å². The molecule has 0 aliphatic rings. The fourth-order valence-corrected chi connectivity index (χ4v) is 2.97. The molecule has 1 aromatic carbocycles. The predicted octanol–water partition coefficient (Wildman–Crippen LogP) is 4.56. The lowest BCUT2D eigenvalue weighted by Crippen LogP contribution is -2.27. The maximum atomic E-state index is 12.6. The van der Waals surface area contributed by atoms with Crippen molar-refractivity contribution in [3.8, 4) is 6.07 Å². The summed E-state index contributed by atoms with van der Waals surface area (Å²) >= 11 is 10.5. The average molecular weight is 380 g/mol. The third-order valence-corrected chi connectivity index (χ3v) is 4.82. The van der Waals surface area contributed by atoms with E-state index in [1.54, 1.807) is 36.4 Å². The van der Waals surface area contributed by atoms with Gasteiger partial charge in [-0.05, 0) is 39.0 Å². The maximum Gasteiger partial charge on any atom is 0.144 e. The summed E-state index contributed by atoms with van der Waals surface area (Å²) in [5.74, 6) is 0. The van der Waals surface area contributed by atoms with Gasteiger partial charge in [0, 0.05) is 11.1 Å². The molecule has 0 radical (unpaired) electrons. The lowest BCUT2D eigenvalue weighted by atomic mass is 9.99. The fourth-order valence-electron chi connectivity index (χ4n) is 1.87. The molecule has 0 amide bonds. The van der Waals surface area contributed by atoms with E-state index in [1.807, 2.05) is 20.8 Å².